The minimum Gasteiger partial charge on any atom is -0.465 e. The van der Waals surface area contributed by atoms with Crippen LogP contribution in [0.5, 0.6) is 0 Å². The van der Waals surface area contributed by atoms with Gasteiger partial charge in [0.25, 0.3) is 0 Å². The molecule has 0 aliphatic rings. The van der Waals surface area contributed by atoms with Gasteiger partial charge in [-0.15, -0.1) is 0 Å². The fourth-order valence-electron chi connectivity index (χ4n) is 1.07. The van der Waals surface area contributed by atoms with E-state index in [0.29, 0.717) is 11.1 Å². The Kier molecular flexibility index (Phi) is 3.38. The zero-order valence-electron chi connectivity index (χ0n) is 8.73. The summed E-state index contributed by atoms with van der Waals surface area (Å²) in [6.07, 6.45) is 1.43. The number of methoxy groups -OCH3 is 2. The molecule has 0 radical (unpaired) electrons. The molecule has 0 atom stereocenters. The highest BCUT2D eigenvalue weighted by atomic mass is 16.5. The van der Waals surface area contributed by atoms with Crippen LogP contribution in [-0.4, -0.2) is 31.1 Å². The van der Waals surface area contributed by atoms with Gasteiger partial charge in [-0.2, -0.15) is 0 Å². The van der Waals surface area contributed by atoms with Gasteiger partial charge in [-0.05, 0) is 18.6 Å². The molecular formula is C10H11NO4. The van der Waals surface area contributed by atoms with E-state index in [1.165, 1.54) is 26.5 Å². The summed E-state index contributed by atoms with van der Waals surface area (Å²) in [4.78, 5) is 26.3. The number of rotatable bonds is 2. The SMILES string of the molecule is COC(=O)c1cc(C(=O)OC)c(C)cn1. The predicted molar refractivity (Wildman–Crippen MR) is 51.7 cm³/mol. The first kappa shape index (κ1) is 11.2. The van der Waals surface area contributed by atoms with Crippen molar-refractivity contribution in [1.29, 1.82) is 0 Å². The molecule has 0 fully saturated rings. The number of carbonyl (C=O) groups is 2. The average Bonchev–Trinajstić information content (AvgIpc) is 2.27. The monoisotopic (exact) mass is 209 g/mol. The maximum atomic E-state index is 11.3. The molecule has 5 nitrogen and oxygen atoms in total. The molecule has 0 bridgehead atoms. The standard InChI is InChI=1S/C10H11NO4/c1-6-5-11-8(10(13)15-3)4-7(6)9(12)14-2/h4-5H,1-3H3. The average molecular weight is 209 g/mol. The van der Waals surface area contributed by atoms with Crippen molar-refractivity contribution in [1.82, 2.24) is 4.98 Å². The number of esters is 2. The normalized spacial score (nSPS) is 9.53. The summed E-state index contributed by atoms with van der Waals surface area (Å²) in [5.41, 5.74) is 1.05. The molecule has 0 N–H and O–H groups in total. The van der Waals surface area contributed by atoms with Gasteiger partial charge in [0, 0.05) is 6.20 Å². The predicted octanol–water partition coefficient (Wildman–Crippen LogP) is 0.963. The van der Waals surface area contributed by atoms with Crippen LogP contribution in [0.15, 0.2) is 12.3 Å². The van der Waals surface area contributed by atoms with Crippen molar-refractivity contribution >= 4 is 11.9 Å². The second-order valence-electron chi connectivity index (χ2n) is 2.87. The number of carbonyl (C=O) groups excluding carboxylic acids is 2. The van der Waals surface area contributed by atoms with E-state index in [4.69, 9.17) is 0 Å². The molecule has 1 aromatic rings. The highest BCUT2D eigenvalue weighted by molar-refractivity contribution is 5.94. The third kappa shape index (κ3) is 2.31. The molecule has 15 heavy (non-hydrogen) atoms. The van der Waals surface area contributed by atoms with E-state index in [9.17, 15) is 9.59 Å². The molecule has 0 amide bonds. The summed E-state index contributed by atoms with van der Waals surface area (Å²) in [5.74, 6) is -1.08. The molecule has 0 aromatic carbocycles. The lowest BCUT2D eigenvalue weighted by Crippen LogP contribution is -2.10. The third-order valence-electron chi connectivity index (χ3n) is 1.90. The van der Waals surface area contributed by atoms with Gasteiger partial charge in [-0.3, -0.25) is 0 Å². The Morgan fingerprint density at radius 2 is 1.80 bits per heavy atom. The molecule has 0 saturated heterocycles. The van der Waals surface area contributed by atoms with Gasteiger partial charge < -0.3 is 9.47 Å². The largest absolute Gasteiger partial charge is 0.465 e. The Labute approximate surface area is 87.0 Å². The van der Waals surface area contributed by atoms with E-state index in [0.717, 1.165) is 0 Å². The number of aryl methyl sites for hydroxylation is 1. The van der Waals surface area contributed by atoms with E-state index in [1.807, 2.05) is 0 Å². The van der Waals surface area contributed by atoms with Gasteiger partial charge in [0.15, 0.2) is 0 Å². The first-order valence-corrected chi connectivity index (χ1v) is 4.23. The number of nitrogens with zero attached hydrogens (tertiary/aromatic N) is 1. The fourth-order valence-corrected chi connectivity index (χ4v) is 1.07. The first-order chi connectivity index (χ1) is 7.10. The van der Waals surface area contributed by atoms with Crippen molar-refractivity contribution in [3.8, 4) is 0 Å². The molecule has 0 spiro atoms. The van der Waals surface area contributed by atoms with Crippen molar-refractivity contribution in [2.45, 2.75) is 6.92 Å². The van der Waals surface area contributed by atoms with E-state index in [1.54, 1.807) is 6.92 Å². The minimum absolute atomic E-state index is 0.0866. The number of ether oxygens (including phenoxy) is 2. The lowest BCUT2D eigenvalue weighted by atomic mass is 10.1. The summed E-state index contributed by atoms with van der Waals surface area (Å²) < 4.78 is 9.06. The summed E-state index contributed by atoms with van der Waals surface area (Å²) in [5, 5.41) is 0. The molecule has 0 unspecified atom stereocenters. The quantitative estimate of drug-likeness (QED) is 0.679. The molecule has 1 aromatic heterocycles. The second kappa shape index (κ2) is 4.54. The number of aromatic nitrogens is 1. The summed E-state index contributed by atoms with van der Waals surface area (Å²) in [7, 11) is 2.53. The second-order valence-corrected chi connectivity index (χ2v) is 2.87. The highest BCUT2D eigenvalue weighted by Gasteiger charge is 2.14. The molecule has 80 valence electrons. The van der Waals surface area contributed by atoms with Crippen LogP contribution in [0.25, 0.3) is 0 Å². The van der Waals surface area contributed by atoms with Crippen LogP contribution in [0.3, 0.4) is 0 Å². The van der Waals surface area contributed by atoms with E-state index >= 15 is 0 Å². The van der Waals surface area contributed by atoms with E-state index in [-0.39, 0.29) is 5.69 Å². The minimum atomic E-state index is -0.583. The van der Waals surface area contributed by atoms with Crippen molar-refractivity contribution < 1.29 is 19.1 Å². The maximum Gasteiger partial charge on any atom is 0.356 e. The third-order valence-corrected chi connectivity index (χ3v) is 1.90. The topological polar surface area (TPSA) is 65.5 Å². The fraction of sp³-hybridized carbons (Fsp3) is 0.300. The van der Waals surface area contributed by atoms with E-state index < -0.39 is 11.9 Å². The lowest BCUT2D eigenvalue weighted by Gasteiger charge is -2.04. The molecule has 0 aliphatic carbocycles. The summed E-state index contributed by atoms with van der Waals surface area (Å²) >= 11 is 0. The number of hydrogen-bond acceptors (Lipinski definition) is 5. The molecule has 1 heterocycles. The summed E-state index contributed by atoms with van der Waals surface area (Å²) in [6.45, 7) is 1.71. The van der Waals surface area contributed by atoms with Gasteiger partial charge in [0.2, 0.25) is 0 Å². The van der Waals surface area contributed by atoms with Crippen molar-refractivity contribution in [3.63, 3.8) is 0 Å². The summed E-state index contributed by atoms with van der Waals surface area (Å²) in [6, 6.07) is 1.35. The lowest BCUT2D eigenvalue weighted by molar-refractivity contribution is 0.0593. The van der Waals surface area contributed by atoms with Gasteiger partial charge in [0.1, 0.15) is 5.69 Å². The zero-order valence-corrected chi connectivity index (χ0v) is 8.73. The van der Waals surface area contributed by atoms with Crippen LogP contribution < -0.4 is 0 Å². The molecular weight excluding hydrogens is 198 g/mol. The zero-order chi connectivity index (χ0) is 11.4. The Hall–Kier alpha value is -1.91. The van der Waals surface area contributed by atoms with Gasteiger partial charge >= 0.3 is 11.9 Å². The molecule has 0 saturated carbocycles. The smallest absolute Gasteiger partial charge is 0.356 e. The number of pyridine rings is 1. The van der Waals surface area contributed by atoms with Crippen LogP contribution in [0.1, 0.15) is 26.4 Å². The number of hydrogen-bond donors (Lipinski definition) is 0. The van der Waals surface area contributed by atoms with E-state index in [2.05, 4.69) is 14.5 Å². The van der Waals surface area contributed by atoms with Gasteiger partial charge in [-0.1, -0.05) is 0 Å². The van der Waals surface area contributed by atoms with Crippen LogP contribution in [0, 0.1) is 6.92 Å². The van der Waals surface area contributed by atoms with Crippen molar-refractivity contribution in [2.75, 3.05) is 14.2 Å². The van der Waals surface area contributed by atoms with Crippen molar-refractivity contribution in [3.05, 3.63) is 29.1 Å². The Bertz CT molecular complexity index is 400. The van der Waals surface area contributed by atoms with Gasteiger partial charge in [-0.25, -0.2) is 14.6 Å². The van der Waals surface area contributed by atoms with Gasteiger partial charge in [0.05, 0.1) is 19.8 Å². The van der Waals surface area contributed by atoms with Crippen LogP contribution >= 0.6 is 0 Å². The van der Waals surface area contributed by atoms with Crippen LogP contribution in [-0.2, 0) is 9.47 Å². The molecule has 5 heteroatoms. The van der Waals surface area contributed by atoms with Crippen LogP contribution in [0.4, 0.5) is 0 Å². The van der Waals surface area contributed by atoms with Crippen LogP contribution in [0.2, 0.25) is 0 Å². The Morgan fingerprint density at radius 3 is 2.33 bits per heavy atom. The highest BCUT2D eigenvalue weighted by Crippen LogP contribution is 2.10. The maximum absolute atomic E-state index is 11.3. The first-order valence-electron chi connectivity index (χ1n) is 4.23. The molecule has 0 aliphatic heterocycles. The molecule has 1 rings (SSSR count). The van der Waals surface area contributed by atoms with Crippen molar-refractivity contribution in [2.24, 2.45) is 0 Å². The Balaban J connectivity index is 3.16. The Morgan fingerprint density at radius 1 is 1.20 bits per heavy atom.